The van der Waals surface area contributed by atoms with Crippen molar-refractivity contribution in [1.82, 2.24) is 4.98 Å². The minimum Gasteiger partial charge on any atom is -0.279 e. The molecular weight excluding hydrogens is 435 g/mol. The zero-order valence-corrected chi connectivity index (χ0v) is 16.2. The number of nitrogens with one attached hydrogen (secondary N) is 1. The molecule has 1 aliphatic rings. The summed E-state index contributed by atoms with van der Waals surface area (Å²) in [4.78, 5) is 29.7. The van der Waals surface area contributed by atoms with Crippen molar-refractivity contribution in [3.8, 4) is 0 Å². The molecule has 2 amide bonds. The van der Waals surface area contributed by atoms with Crippen LogP contribution < -0.4 is 9.62 Å². The number of carbonyl (C=O) groups is 2. The molecule has 7 nitrogen and oxygen atoms in total. The Kier molecular flexibility index (Phi) is 4.77. The molecule has 1 aliphatic heterocycles. The standard InChI is InChI=1S/C20H12F3N3O4S/c21-20(22,23)12-4-1-6-14(10-12)31(29,30)25-16-8-2-7-15-17(16)19(28)26(18(15)27)13-5-3-9-24-11-13/h1-11,25H. The van der Waals surface area contributed by atoms with Gasteiger partial charge in [-0.15, -0.1) is 0 Å². The van der Waals surface area contributed by atoms with Gasteiger partial charge in [-0.3, -0.25) is 19.3 Å². The number of rotatable bonds is 4. The van der Waals surface area contributed by atoms with Gasteiger partial charge in [0.15, 0.2) is 0 Å². The molecule has 0 saturated carbocycles. The largest absolute Gasteiger partial charge is 0.416 e. The second kappa shape index (κ2) is 7.20. The molecule has 0 atom stereocenters. The predicted molar refractivity (Wildman–Crippen MR) is 104 cm³/mol. The van der Waals surface area contributed by atoms with Gasteiger partial charge in [0.25, 0.3) is 21.8 Å². The molecule has 2 heterocycles. The van der Waals surface area contributed by atoms with Gasteiger partial charge in [-0.05, 0) is 42.5 Å². The van der Waals surface area contributed by atoms with Gasteiger partial charge in [-0.2, -0.15) is 13.2 Å². The van der Waals surface area contributed by atoms with Crippen molar-refractivity contribution >= 4 is 33.2 Å². The van der Waals surface area contributed by atoms with Crippen LogP contribution in [-0.4, -0.2) is 25.2 Å². The van der Waals surface area contributed by atoms with Gasteiger partial charge in [-0.25, -0.2) is 13.3 Å². The number of aromatic nitrogens is 1. The molecule has 0 fully saturated rings. The molecule has 0 radical (unpaired) electrons. The molecule has 4 rings (SSSR count). The Hall–Kier alpha value is -3.73. The molecular formula is C20H12F3N3O4S. The van der Waals surface area contributed by atoms with Gasteiger partial charge in [0, 0.05) is 6.20 Å². The summed E-state index contributed by atoms with van der Waals surface area (Å²) in [5.41, 5.74) is -1.41. The first kappa shape index (κ1) is 20.5. The number of pyridine rings is 1. The van der Waals surface area contributed by atoms with E-state index in [-0.39, 0.29) is 22.5 Å². The summed E-state index contributed by atoms with van der Waals surface area (Å²) in [6.07, 6.45) is -1.98. The Morgan fingerprint density at radius 2 is 1.68 bits per heavy atom. The SMILES string of the molecule is O=C1c2cccc(NS(=O)(=O)c3cccc(C(F)(F)F)c3)c2C(=O)N1c1cccnc1. The molecule has 31 heavy (non-hydrogen) atoms. The van der Waals surface area contributed by atoms with Gasteiger partial charge < -0.3 is 0 Å². The van der Waals surface area contributed by atoms with E-state index in [0.29, 0.717) is 6.07 Å². The third-order valence-electron chi connectivity index (χ3n) is 4.54. The molecule has 1 aromatic heterocycles. The maximum atomic E-state index is 13.0. The van der Waals surface area contributed by atoms with Crippen molar-refractivity contribution in [2.75, 3.05) is 9.62 Å². The number of benzene rings is 2. The molecule has 0 unspecified atom stereocenters. The van der Waals surface area contributed by atoms with Gasteiger partial charge >= 0.3 is 6.18 Å². The van der Waals surface area contributed by atoms with Crippen molar-refractivity contribution in [2.24, 2.45) is 0 Å². The number of hydrogen-bond donors (Lipinski definition) is 1. The lowest BCUT2D eigenvalue weighted by Gasteiger charge is -2.14. The van der Waals surface area contributed by atoms with Crippen molar-refractivity contribution < 1.29 is 31.2 Å². The number of nitrogens with zero attached hydrogens (tertiary/aromatic N) is 2. The topological polar surface area (TPSA) is 96.4 Å². The van der Waals surface area contributed by atoms with Crippen LogP contribution in [0.25, 0.3) is 0 Å². The van der Waals surface area contributed by atoms with E-state index in [2.05, 4.69) is 9.71 Å². The minimum atomic E-state index is -4.73. The first-order valence-corrected chi connectivity index (χ1v) is 10.2. The first-order chi connectivity index (χ1) is 14.6. The third kappa shape index (κ3) is 3.63. The lowest BCUT2D eigenvalue weighted by Crippen LogP contribution is -2.29. The van der Waals surface area contributed by atoms with Gasteiger partial charge in [0.05, 0.1) is 39.2 Å². The van der Waals surface area contributed by atoms with E-state index in [0.717, 1.165) is 23.1 Å². The Morgan fingerprint density at radius 1 is 0.935 bits per heavy atom. The first-order valence-electron chi connectivity index (χ1n) is 8.71. The number of amides is 2. The van der Waals surface area contributed by atoms with Gasteiger partial charge in [0.2, 0.25) is 0 Å². The summed E-state index contributed by atoms with van der Waals surface area (Å²) >= 11 is 0. The van der Waals surface area contributed by atoms with E-state index >= 15 is 0 Å². The van der Waals surface area contributed by atoms with Crippen LogP contribution in [0.4, 0.5) is 24.5 Å². The van der Waals surface area contributed by atoms with Crippen LogP contribution in [0.3, 0.4) is 0 Å². The van der Waals surface area contributed by atoms with Crippen molar-refractivity contribution in [3.63, 3.8) is 0 Å². The highest BCUT2D eigenvalue weighted by atomic mass is 32.2. The Bertz CT molecular complexity index is 1310. The van der Waals surface area contributed by atoms with E-state index in [4.69, 9.17) is 0 Å². The van der Waals surface area contributed by atoms with E-state index < -0.39 is 38.5 Å². The lowest BCUT2D eigenvalue weighted by molar-refractivity contribution is -0.137. The Balaban J connectivity index is 1.73. The highest BCUT2D eigenvalue weighted by Crippen LogP contribution is 2.34. The van der Waals surface area contributed by atoms with E-state index in [9.17, 15) is 31.2 Å². The normalized spacial score (nSPS) is 14.0. The average Bonchev–Trinajstić information content (AvgIpc) is 2.99. The Labute approximate surface area is 174 Å². The number of halogens is 3. The third-order valence-corrected chi connectivity index (χ3v) is 5.90. The number of anilines is 2. The van der Waals surface area contributed by atoms with Crippen LogP contribution in [0, 0.1) is 0 Å². The van der Waals surface area contributed by atoms with Crippen LogP contribution in [0.1, 0.15) is 26.3 Å². The van der Waals surface area contributed by atoms with Crippen LogP contribution in [0.5, 0.6) is 0 Å². The molecule has 11 heteroatoms. The summed E-state index contributed by atoms with van der Waals surface area (Å²) in [6, 6.07) is 10.2. The second-order valence-electron chi connectivity index (χ2n) is 6.52. The van der Waals surface area contributed by atoms with E-state index in [1.165, 1.54) is 42.7 Å². The van der Waals surface area contributed by atoms with Gasteiger partial charge in [-0.1, -0.05) is 12.1 Å². The van der Waals surface area contributed by atoms with Crippen LogP contribution in [0.15, 0.2) is 71.9 Å². The van der Waals surface area contributed by atoms with Crippen LogP contribution >= 0.6 is 0 Å². The molecule has 3 aromatic rings. The lowest BCUT2D eigenvalue weighted by atomic mass is 10.1. The number of hydrogen-bond acceptors (Lipinski definition) is 5. The maximum Gasteiger partial charge on any atom is 0.416 e. The van der Waals surface area contributed by atoms with Gasteiger partial charge in [0.1, 0.15) is 0 Å². The Morgan fingerprint density at radius 3 is 2.35 bits per heavy atom. The molecule has 0 spiro atoms. The fourth-order valence-electron chi connectivity index (χ4n) is 3.13. The monoisotopic (exact) mass is 447 g/mol. The fraction of sp³-hybridized carbons (Fsp3) is 0.0500. The predicted octanol–water partition coefficient (Wildman–Crippen LogP) is 3.70. The number of sulfonamides is 1. The summed E-state index contributed by atoms with van der Waals surface area (Å²) < 4.78 is 66.4. The fourth-order valence-corrected chi connectivity index (χ4v) is 4.25. The average molecular weight is 447 g/mol. The molecule has 1 N–H and O–H groups in total. The minimum absolute atomic E-state index is 0.0434. The number of alkyl halides is 3. The molecule has 0 bridgehead atoms. The highest BCUT2D eigenvalue weighted by molar-refractivity contribution is 7.92. The van der Waals surface area contributed by atoms with Crippen molar-refractivity contribution in [1.29, 1.82) is 0 Å². The number of carbonyl (C=O) groups excluding carboxylic acids is 2. The van der Waals surface area contributed by atoms with Crippen molar-refractivity contribution in [3.05, 3.63) is 83.7 Å². The summed E-state index contributed by atoms with van der Waals surface area (Å²) in [5.74, 6) is -1.46. The van der Waals surface area contributed by atoms with E-state index in [1.54, 1.807) is 0 Å². The highest BCUT2D eigenvalue weighted by Gasteiger charge is 2.39. The van der Waals surface area contributed by atoms with Crippen molar-refractivity contribution in [2.45, 2.75) is 11.1 Å². The molecule has 0 aliphatic carbocycles. The molecule has 0 saturated heterocycles. The van der Waals surface area contributed by atoms with Crippen LogP contribution in [0.2, 0.25) is 0 Å². The summed E-state index contributed by atoms with van der Waals surface area (Å²) in [5, 5.41) is 0. The summed E-state index contributed by atoms with van der Waals surface area (Å²) in [7, 11) is -4.49. The van der Waals surface area contributed by atoms with E-state index in [1.807, 2.05) is 0 Å². The zero-order valence-electron chi connectivity index (χ0n) is 15.4. The molecule has 158 valence electrons. The zero-order chi connectivity index (χ0) is 22.4. The smallest absolute Gasteiger partial charge is 0.279 e. The second-order valence-corrected chi connectivity index (χ2v) is 8.20. The maximum absolute atomic E-state index is 13.0. The number of fused-ring (bicyclic) bond motifs is 1. The van der Waals surface area contributed by atoms with Crippen LogP contribution in [-0.2, 0) is 16.2 Å². The summed E-state index contributed by atoms with van der Waals surface area (Å²) in [6.45, 7) is 0. The number of imide groups is 1. The molecule has 2 aromatic carbocycles. The quantitative estimate of drug-likeness (QED) is 0.616.